The van der Waals surface area contributed by atoms with Crippen LogP contribution in [0.4, 0.5) is 0 Å². The summed E-state index contributed by atoms with van der Waals surface area (Å²) in [5, 5.41) is 9.66. The minimum atomic E-state index is -0.392. The van der Waals surface area contributed by atoms with Gasteiger partial charge in [-0.2, -0.15) is 0 Å². The van der Waals surface area contributed by atoms with Gasteiger partial charge in [-0.05, 0) is 53.0 Å². The van der Waals surface area contributed by atoms with Gasteiger partial charge in [-0.25, -0.2) is 0 Å². The minimum Gasteiger partial charge on any atom is -0.507 e. The van der Waals surface area contributed by atoms with Crippen molar-refractivity contribution in [2.24, 2.45) is 0 Å². The van der Waals surface area contributed by atoms with Crippen LogP contribution in [-0.4, -0.2) is 10.9 Å². The van der Waals surface area contributed by atoms with E-state index in [1.807, 2.05) is 31.2 Å². The van der Waals surface area contributed by atoms with Crippen LogP contribution < -0.4 is 0 Å². The summed E-state index contributed by atoms with van der Waals surface area (Å²) >= 11 is 3.37. The smallest absolute Gasteiger partial charge is 0.239 e. The first-order valence-electron chi connectivity index (χ1n) is 5.68. The van der Waals surface area contributed by atoms with E-state index in [0.29, 0.717) is 0 Å². The van der Waals surface area contributed by atoms with Gasteiger partial charge in [0, 0.05) is 10.0 Å². The lowest BCUT2D eigenvalue weighted by Gasteiger charge is -2.00. The van der Waals surface area contributed by atoms with E-state index < -0.39 is 5.78 Å². The molecule has 0 aliphatic carbocycles. The van der Waals surface area contributed by atoms with E-state index >= 15 is 0 Å². The first kappa shape index (κ1) is 13.4. The molecule has 3 heteroatoms. The lowest BCUT2D eigenvalue weighted by atomic mass is 10.1. The van der Waals surface area contributed by atoms with E-state index in [4.69, 9.17) is 0 Å². The van der Waals surface area contributed by atoms with Crippen LogP contribution in [0.2, 0.25) is 0 Å². The van der Waals surface area contributed by atoms with Gasteiger partial charge in [-0.15, -0.1) is 0 Å². The van der Waals surface area contributed by atoms with Crippen LogP contribution in [0.15, 0.2) is 46.9 Å². The van der Waals surface area contributed by atoms with Gasteiger partial charge < -0.3 is 5.11 Å². The number of phenols is 1. The van der Waals surface area contributed by atoms with Gasteiger partial charge in [0.25, 0.3) is 0 Å². The van der Waals surface area contributed by atoms with Crippen LogP contribution in [0.5, 0.6) is 5.75 Å². The zero-order valence-electron chi connectivity index (χ0n) is 10.3. The molecular formula is C16H11BrO2. The van der Waals surface area contributed by atoms with E-state index in [2.05, 4.69) is 27.8 Å². The monoisotopic (exact) mass is 314 g/mol. The van der Waals surface area contributed by atoms with Crippen molar-refractivity contribution in [3.63, 3.8) is 0 Å². The second-order valence-corrected chi connectivity index (χ2v) is 4.93. The molecule has 0 bridgehead atoms. The Bertz CT molecular complexity index is 693. The standard InChI is InChI=1S/C16H11BrO2/c1-11-6-8-15(18)13(10-11)16(19)9-7-12-4-2-3-5-14(12)17/h2-6,8,10,18H,1H3. The molecule has 0 heterocycles. The second kappa shape index (κ2) is 5.73. The van der Waals surface area contributed by atoms with Crippen LogP contribution in [0.25, 0.3) is 0 Å². The average Bonchev–Trinajstić information content (AvgIpc) is 2.40. The Hall–Kier alpha value is -2.05. The molecule has 0 radical (unpaired) electrons. The van der Waals surface area contributed by atoms with E-state index in [-0.39, 0.29) is 11.3 Å². The molecule has 1 N–H and O–H groups in total. The molecule has 94 valence electrons. The zero-order valence-corrected chi connectivity index (χ0v) is 11.9. The molecule has 0 unspecified atom stereocenters. The summed E-state index contributed by atoms with van der Waals surface area (Å²) < 4.78 is 0.837. The minimum absolute atomic E-state index is 0.0444. The number of halogens is 1. The first-order valence-corrected chi connectivity index (χ1v) is 6.48. The predicted molar refractivity (Wildman–Crippen MR) is 78.2 cm³/mol. The van der Waals surface area contributed by atoms with Crippen molar-refractivity contribution >= 4 is 21.7 Å². The third kappa shape index (κ3) is 3.24. The fourth-order valence-corrected chi connectivity index (χ4v) is 1.97. The van der Waals surface area contributed by atoms with Crippen molar-refractivity contribution in [2.45, 2.75) is 6.92 Å². The zero-order chi connectivity index (χ0) is 13.8. The second-order valence-electron chi connectivity index (χ2n) is 4.08. The van der Waals surface area contributed by atoms with Gasteiger partial charge in [0.05, 0.1) is 5.56 Å². The lowest BCUT2D eigenvalue weighted by molar-refractivity contribution is 0.105. The van der Waals surface area contributed by atoms with Gasteiger partial charge >= 0.3 is 0 Å². The molecule has 0 saturated carbocycles. The first-order chi connectivity index (χ1) is 9.08. The van der Waals surface area contributed by atoms with Gasteiger partial charge in [0.1, 0.15) is 5.75 Å². The maximum absolute atomic E-state index is 12.0. The van der Waals surface area contributed by atoms with E-state index in [0.717, 1.165) is 15.6 Å². The Morgan fingerprint density at radius 2 is 1.95 bits per heavy atom. The van der Waals surface area contributed by atoms with Gasteiger partial charge in [-0.1, -0.05) is 29.7 Å². The van der Waals surface area contributed by atoms with Crippen LogP contribution in [0, 0.1) is 18.8 Å². The highest BCUT2D eigenvalue weighted by Crippen LogP contribution is 2.19. The number of rotatable bonds is 1. The molecule has 0 fully saturated rings. The van der Waals surface area contributed by atoms with Crippen LogP contribution in [0.3, 0.4) is 0 Å². The Morgan fingerprint density at radius 1 is 1.21 bits per heavy atom. The quantitative estimate of drug-likeness (QED) is 0.643. The summed E-state index contributed by atoms with van der Waals surface area (Å²) in [5.41, 5.74) is 1.88. The summed E-state index contributed by atoms with van der Waals surface area (Å²) in [6.07, 6.45) is 0. The van der Waals surface area contributed by atoms with Gasteiger partial charge in [0.15, 0.2) is 0 Å². The SMILES string of the molecule is Cc1ccc(O)c(C(=O)C#Cc2ccccc2Br)c1. The Morgan fingerprint density at radius 3 is 2.68 bits per heavy atom. The number of phenolic OH excluding ortho intramolecular Hbond substituents is 1. The Kier molecular flexibility index (Phi) is 4.03. The number of Topliss-reactive ketones (excluding diaryl/α,β-unsaturated/α-hetero) is 1. The normalized spacial score (nSPS) is 9.58. The van der Waals surface area contributed by atoms with Crippen LogP contribution in [-0.2, 0) is 0 Å². The Balaban J connectivity index is 2.33. The number of carbonyl (C=O) groups excluding carboxylic acids is 1. The predicted octanol–water partition coefficient (Wildman–Crippen LogP) is 3.70. The summed E-state index contributed by atoms with van der Waals surface area (Å²) in [6.45, 7) is 1.86. The van der Waals surface area contributed by atoms with Crippen molar-refractivity contribution in [1.29, 1.82) is 0 Å². The molecular weight excluding hydrogens is 304 g/mol. The fourth-order valence-electron chi connectivity index (χ4n) is 1.59. The van der Waals surface area contributed by atoms with Crippen molar-refractivity contribution in [1.82, 2.24) is 0 Å². The van der Waals surface area contributed by atoms with Crippen LogP contribution >= 0.6 is 15.9 Å². The number of carbonyl (C=O) groups is 1. The van der Waals surface area contributed by atoms with Crippen molar-refractivity contribution in [3.05, 3.63) is 63.6 Å². The lowest BCUT2D eigenvalue weighted by Crippen LogP contribution is -1.96. The number of hydrogen-bond donors (Lipinski definition) is 1. The molecule has 19 heavy (non-hydrogen) atoms. The number of aryl methyl sites for hydroxylation is 1. The van der Waals surface area contributed by atoms with Crippen molar-refractivity contribution in [3.8, 4) is 17.6 Å². The molecule has 0 aromatic heterocycles. The largest absolute Gasteiger partial charge is 0.507 e. The molecule has 0 spiro atoms. The number of aromatic hydroxyl groups is 1. The molecule has 2 aromatic carbocycles. The number of hydrogen-bond acceptors (Lipinski definition) is 2. The average molecular weight is 315 g/mol. The Labute approximate surface area is 120 Å². The molecule has 0 amide bonds. The molecule has 0 atom stereocenters. The highest BCUT2D eigenvalue weighted by Gasteiger charge is 2.08. The van der Waals surface area contributed by atoms with Crippen molar-refractivity contribution in [2.75, 3.05) is 0 Å². The maximum atomic E-state index is 12.0. The summed E-state index contributed by atoms with van der Waals surface area (Å²) in [7, 11) is 0. The van der Waals surface area contributed by atoms with Gasteiger partial charge in [-0.3, -0.25) is 4.79 Å². The van der Waals surface area contributed by atoms with Crippen LogP contribution in [0.1, 0.15) is 21.5 Å². The van der Waals surface area contributed by atoms with E-state index in [9.17, 15) is 9.90 Å². The third-order valence-electron chi connectivity index (χ3n) is 2.58. The fraction of sp³-hybridized carbons (Fsp3) is 0.0625. The molecule has 2 rings (SSSR count). The van der Waals surface area contributed by atoms with E-state index in [1.54, 1.807) is 12.1 Å². The molecule has 0 aliphatic rings. The summed E-state index contributed by atoms with van der Waals surface area (Å²) in [4.78, 5) is 12.0. The number of ketones is 1. The molecule has 0 aliphatic heterocycles. The summed E-state index contributed by atoms with van der Waals surface area (Å²) in [5.74, 6) is 4.91. The highest BCUT2D eigenvalue weighted by atomic mass is 79.9. The van der Waals surface area contributed by atoms with Gasteiger partial charge in [0.2, 0.25) is 5.78 Å². The maximum Gasteiger partial charge on any atom is 0.239 e. The number of benzene rings is 2. The molecule has 2 nitrogen and oxygen atoms in total. The highest BCUT2D eigenvalue weighted by molar-refractivity contribution is 9.10. The molecule has 2 aromatic rings. The summed E-state index contributed by atoms with van der Waals surface area (Å²) in [6, 6.07) is 12.3. The third-order valence-corrected chi connectivity index (χ3v) is 3.27. The topological polar surface area (TPSA) is 37.3 Å². The van der Waals surface area contributed by atoms with E-state index in [1.165, 1.54) is 6.07 Å². The van der Waals surface area contributed by atoms with Crippen molar-refractivity contribution < 1.29 is 9.90 Å². The molecule has 0 saturated heterocycles.